The van der Waals surface area contributed by atoms with E-state index < -0.39 is 10.0 Å². The van der Waals surface area contributed by atoms with Gasteiger partial charge in [-0.1, -0.05) is 18.2 Å². The predicted molar refractivity (Wildman–Crippen MR) is 113 cm³/mol. The molecule has 0 aromatic heterocycles. The molecule has 2 aromatic carbocycles. The number of methoxy groups -OCH3 is 1. The molecule has 0 saturated carbocycles. The Labute approximate surface area is 176 Å². The molecule has 1 heterocycles. The van der Waals surface area contributed by atoms with Gasteiger partial charge in [0, 0.05) is 26.2 Å². The topological polar surface area (TPSA) is 87.2 Å². The summed E-state index contributed by atoms with van der Waals surface area (Å²) in [6.45, 7) is 3.07. The lowest BCUT2D eigenvalue weighted by Crippen LogP contribution is -2.51. The summed E-state index contributed by atoms with van der Waals surface area (Å²) in [5.74, 6) is 0.280. The summed E-state index contributed by atoms with van der Waals surface area (Å²) in [6.07, 6.45) is 0.758. The number of piperazine rings is 1. The molecule has 0 bridgehead atoms. The average Bonchev–Trinajstić information content (AvgIpc) is 2.77. The molecular formula is C21H25N3O5S. The quantitative estimate of drug-likeness (QED) is 0.620. The third-order valence-electron chi connectivity index (χ3n) is 5.09. The third-order valence-corrected chi connectivity index (χ3v) is 6.86. The minimum absolute atomic E-state index is 0.0863. The van der Waals surface area contributed by atoms with Gasteiger partial charge in [-0.2, -0.15) is 0 Å². The maximum absolute atomic E-state index is 13.5. The second kappa shape index (κ2) is 9.17. The molecule has 8 nitrogen and oxygen atoms in total. The van der Waals surface area contributed by atoms with Crippen LogP contribution in [-0.4, -0.2) is 70.4 Å². The Bertz CT molecular complexity index is 1000. The van der Waals surface area contributed by atoms with Crippen molar-refractivity contribution in [2.24, 2.45) is 0 Å². The number of benzene rings is 2. The molecule has 0 spiro atoms. The van der Waals surface area contributed by atoms with Crippen LogP contribution in [0, 0.1) is 6.92 Å². The Hall–Kier alpha value is -3.07. The third kappa shape index (κ3) is 4.56. The Morgan fingerprint density at radius 1 is 1.10 bits per heavy atom. The molecule has 0 aliphatic carbocycles. The molecule has 1 aliphatic rings. The highest BCUT2D eigenvalue weighted by Crippen LogP contribution is 2.27. The minimum Gasteiger partial charge on any atom is -0.496 e. The molecule has 3 rings (SSSR count). The van der Waals surface area contributed by atoms with Crippen LogP contribution in [0.2, 0.25) is 0 Å². The molecule has 0 unspecified atom stereocenters. The van der Waals surface area contributed by atoms with Crippen molar-refractivity contribution in [3.8, 4) is 5.75 Å². The smallest absolute Gasteiger partial charge is 0.264 e. The Morgan fingerprint density at radius 3 is 2.33 bits per heavy atom. The molecule has 0 N–H and O–H groups in total. The van der Waals surface area contributed by atoms with Crippen molar-refractivity contribution in [1.82, 2.24) is 9.80 Å². The van der Waals surface area contributed by atoms with Gasteiger partial charge in [0.15, 0.2) is 0 Å². The van der Waals surface area contributed by atoms with Crippen LogP contribution in [0.3, 0.4) is 0 Å². The highest BCUT2D eigenvalue weighted by Gasteiger charge is 2.30. The van der Waals surface area contributed by atoms with Gasteiger partial charge in [0.1, 0.15) is 12.3 Å². The fourth-order valence-corrected chi connectivity index (χ4v) is 4.85. The molecule has 2 aromatic rings. The van der Waals surface area contributed by atoms with Crippen molar-refractivity contribution in [3.63, 3.8) is 0 Å². The van der Waals surface area contributed by atoms with Gasteiger partial charge in [-0.3, -0.25) is 13.9 Å². The van der Waals surface area contributed by atoms with Gasteiger partial charge < -0.3 is 14.5 Å². The molecule has 0 radical (unpaired) electrons. The van der Waals surface area contributed by atoms with Gasteiger partial charge in [0.2, 0.25) is 12.3 Å². The largest absolute Gasteiger partial charge is 0.496 e. The fourth-order valence-electron chi connectivity index (χ4n) is 3.35. The van der Waals surface area contributed by atoms with Crippen molar-refractivity contribution in [3.05, 3.63) is 54.1 Å². The second-order valence-corrected chi connectivity index (χ2v) is 8.86. The number of carbonyl (C=O) groups is 2. The van der Waals surface area contributed by atoms with E-state index in [2.05, 4.69) is 0 Å². The van der Waals surface area contributed by atoms with Gasteiger partial charge >= 0.3 is 0 Å². The van der Waals surface area contributed by atoms with E-state index in [1.54, 1.807) is 53.1 Å². The van der Waals surface area contributed by atoms with Crippen molar-refractivity contribution >= 4 is 28.0 Å². The number of hydrogen-bond acceptors (Lipinski definition) is 5. The second-order valence-electron chi connectivity index (χ2n) is 7.00. The van der Waals surface area contributed by atoms with Crippen LogP contribution in [0.1, 0.15) is 5.56 Å². The van der Waals surface area contributed by atoms with E-state index in [9.17, 15) is 18.0 Å². The van der Waals surface area contributed by atoms with Crippen LogP contribution in [0.4, 0.5) is 5.69 Å². The van der Waals surface area contributed by atoms with Crippen molar-refractivity contribution in [1.29, 1.82) is 0 Å². The zero-order chi connectivity index (χ0) is 21.7. The lowest BCUT2D eigenvalue weighted by atomic mass is 10.2. The summed E-state index contributed by atoms with van der Waals surface area (Å²) in [5.41, 5.74) is 1.09. The normalized spacial score (nSPS) is 14.3. The Morgan fingerprint density at radius 2 is 1.77 bits per heavy atom. The first-order chi connectivity index (χ1) is 14.4. The van der Waals surface area contributed by atoms with Crippen LogP contribution < -0.4 is 9.04 Å². The monoisotopic (exact) mass is 431 g/mol. The number of aryl methyl sites for hydroxylation is 1. The number of para-hydroxylation sites is 1. The van der Waals surface area contributed by atoms with E-state index >= 15 is 0 Å². The van der Waals surface area contributed by atoms with E-state index in [1.807, 2.05) is 0 Å². The first-order valence-electron chi connectivity index (χ1n) is 9.56. The van der Waals surface area contributed by atoms with Crippen molar-refractivity contribution < 1.29 is 22.7 Å². The fraction of sp³-hybridized carbons (Fsp3) is 0.333. The minimum atomic E-state index is -3.99. The zero-order valence-corrected chi connectivity index (χ0v) is 17.8. The molecule has 160 valence electrons. The summed E-state index contributed by atoms with van der Waals surface area (Å²) in [5, 5.41) is 0. The molecule has 0 atom stereocenters. The highest BCUT2D eigenvalue weighted by molar-refractivity contribution is 7.92. The zero-order valence-electron chi connectivity index (χ0n) is 17.0. The number of amides is 2. The van der Waals surface area contributed by atoms with E-state index in [-0.39, 0.29) is 17.3 Å². The molecule has 2 amide bonds. The van der Waals surface area contributed by atoms with Crippen LogP contribution in [0.25, 0.3) is 0 Å². The van der Waals surface area contributed by atoms with Crippen LogP contribution in [0.15, 0.2) is 53.4 Å². The summed E-state index contributed by atoms with van der Waals surface area (Å²) in [6, 6.07) is 13.2. The van der Waals surface area contributed by atoms with Gasteiger partial charge in [-0.15, -0.1) is 0 Å². The van der Waals surface area contributed by atoms with Crippen molar-refractivity contribution in [2.75, 3.05) is 44.1 Å². The average molecular weight is 432 g/mol. The Balaban J connectivity index is 1.90. The number of nitrogens with zero attached hydrogens (tertiary/aromatic N) is 3. The molecule has 1 fully saturated rings. The van der Waals surface area contributed by atoms with E-state index in [4.69, 9.17) is 4.74 Å². The first kappa shape index (κ1) is 21.6. The molecular weight excluding hydrogens is 406 g/mol. The van der Waals surface area contributed by atoms with E-state index in [0.717, 1.165) is 10.7 Å². The number of rotatable bonds is 7. The highest BCUT2D eigenvalue weighted by atomic mass is 32.2. The van der Waals surface area contributed by atoms with Crippen molar-refractivity contribution in [2.45, 2.75) is 11.8 Å². The lowest BCUT2D eigenvalue weighted by molar-refractivity contribution is -0.133. The van der Waals surface area contributed by atoms with Gasteiger partial charge in [0.05, 0.1) is 17.7 Å². The van der Waals surface area contributed by atoms with E-state index in [1.165, 1.54) is 19.2 Å². The van der Waals surface area contributed by atoms with E-state index in [0.29, 0.717) is 43.2 Å². The summed E-state index contributed by atoms with van der Waals surface area (Å²) < 4.78 is 33.3. The SMILES string of the molecule is COc1ccc(S(=O)(=O)N(CC(=O)N2CCN(C=O)CC2)c2ccccc2)cc1C. The maximum atomic E-state index is 13.5. The summed E-state index contributed by atoms with van der Waals surface area (Å²) in [7, 11) is -2.46. The maximum Gasteiger partial charge on any atom is 0.264 e. The van der Waals surface area contributed by atoms with Gasteiger partial charge in [0.25, 0.3) is 10.0 Å². The van der Waals surface area contributed by atoms with Crippen LogP contribution in [-0.2, 0) is 19.6 Å². The van der Waals surface area contributed by atoms with Gasteiger partial charge in [-0.25, -0.2) is 8.42 Å². The molecule has 30 heavy (non-hydrogen) atoms. The number of hydrogen-bond donors (Lipinski definition) is 0. The van der Waals surface area contributed by atoms with Gasteiger partial charge in [-0.05, 0) is 42.8 Å². The number of carbonyl (C=O) groups excluding carboxylic acids is 2. The van der Waals surface area contributed by atoms with Crippen LogP contribution in [0.5, 0.6) is 5.75 Å². The molecule has 9 heteroatoms. The number of sulfonamides is 1. The first-order valence-corrected chi connectivity index (χ1v) is 11.0. The summed E-state index contributed by atoms with van der Waals surface area (Å²) in [4.78, 5) is 27.1. The standard InChI is InChI=1S/C21H25N3O5S/c1-17-14-19(8-9-20(17)29-2)30(27,28)24(18-6-4-3-5-7-18)15-21(26)23-12-10-22(16-25)11-13-23/h3-9,14,16H,10-13,15H2,1-2H3. The Kier molecular flexibility index (Phi) is 6.61. The summed E-state index contributed by atoms with van der Waals surface area (Å²) >= 11 is 0. The molecule has 1 aliphatic heterocycles. The number of ether oxygens (including phenoxy) is 1. The van der Waals surface area contributed by atoms with Crippen LogP contribution >= 0.6 is 0 Å². The number of anilines is 1. The lowest BCUT2D eigenvalue weighted by Gasteiger charge is -2.34. The predicted octanol–water partition coefficient (Wildman–Crippen LogP) is 1.50. The molecule has 1 saturated heterocycles.